The fraction of sp³-hybridized carbons (Fsp3) is 0.400. The molecule has 14 heteroatoms. The summed E-state index contributed by atoms with van der Waals surface area (Å²) in [4.78, 5) is 15.2. The summed E-state index contributed by atoms with van der Waals surface area (Å²) in [6.07, 6.45) is 5.88. The van der Waals surface area contributed by atoms with Gasteiger partial charge in [-0.3, -0.25) is 9.69 Å². The molecule has 1 fully saturated rings. The Morgan fingerprint density at radius 1 is 1.26 bits per heavy atom. The zero-order valence-electron chi connectivity index (χ0n) is 18.4. The molecule has 0 aliphatic carbocycles. The third kappa shape index (κ3) is 5.29. The fourth-order valence-corrected chi connectivity index (χ4v) is 4.33. The molecule has 1 amide bonds. The van der Waals surface area contributed by atoms with E-state index in [1.165, 1.54) is 30.8 Å². The number of amides is 1. The van der Waals surface area contributed by atoms with Crippen molar-refractivity contribution in [3.8, 4) is 11.6 Å². The molecular weight excluding hydrogens is 485 g/mol. The number of benzene rings is 1. The maximum atomic E-state index is 13.0. The molecule has 0 unspecified atom stereocenters. The first-order chi connectivity index (χ1) is 16.5. The molecule has 1 aromatic carbocycles. The number of hydrazone groups is 1. The van der Waals surface area contributed by atoms with Gasteiger partial charge in [-0.15, -0.1) is 5.10 Å². The Hall–Kier alpha value is -3.22. The lowest BCUT2D eigenvalue weighted by molar-refractivity contribution is 0.0947. The van der Waals surface area contributed by atoms with E-state index in [4.69, 9.17) is 38.3 Å². The number of carbonyl (C=O) groups excluding carboxylic acids is 1. The molecule has 3 heterocycles. The van der Waals surface area contributed by atoms with Crippen LogP contribution in [0.3, 0.4) is 0 Å². The Kier molecular flexibility index (Phi) is 7.60. The van der Waals surface area contributed by atoms with Gasteiger partial charge < -0.3 is 10.5 Å². The minimum Gasteiger partial charge on any atom is -0.495 e. The maximum Gasteiger partial charge on any atom is 0.293 e. The predicted molar refractivity (Wildman–Crippen MR) is 125 cm³/mol. The molecule has 2 aromatic heterocycles. The number of ether oxygens (including phenoxy) is 1. The number of anilines is 1. The van der Waals surface area contributed by atoms with Crippen LogP contribution in [0.5, 0.6) is 5.75 Å². The molecule has 0 spiro atoms. The van der Waals surface area contributed by atoms with Crippen molar-refractivity contribution >= 4 is 41.1 Å². The van der Waals surface area contributed by atoms with E-state index in [9.17, 15) is 4.79 Å². The summed E-state index contributed by atoms with van der Waals surface area (Å²) in [7, 11) is 1.48. The van der Waals surface area contributed by atoms with Crippen LogP contribution in [0.1, 0.15) is 47.4 Å². The number of nitrogens with zero attached hydrogens (tertiary/aromatic N) is 7. The van der Waals surface area contributed by atoms with Crippen molar-refractivity contribution in [2.24, 2.45) is 5.10 Å². The molecule has 34 heavy (non-hydrogen) atoms. The SMILES string of the molecule is COc1c(Cl)cc(Cl)cc1/C=N/NC(=O)c1nnn(-c2nonc2N)c1CN1CCCCCC1. The van der Waals surface area contributed by atoms with Gasteiger partial charge in [0.05, 0.1) is 24.0 Å². The van der Waals surface area contributed by atoms with Crippen LogP contribution < -0.4 is 15.9 Å². The summed E-state index contributed by atoms with van der Waals surface area (Å²) in [6.45, 7) is 2.21. The number of nitrogen functional groups attached to an aromatic ring is 1. The monoisotopic (exact) mass is 507 g/mol. The van der Waals surface area contributed by atoms with Gasteiger partial charge in [0.15, 0.2) is 5.69 Å². The molecule has 4 rings (SSSR count). The van der Waals surface area contributed by atoms with Crippen molar-refractivity contribution in [2.75, 3.05) is 25.9 Å². The molecule has 0 bridgehead atoms. The van der Waals surface area contributed by atoms with Gasteiger partial charge in [-0.1, -0.05) is 41.3 Å². The molecule has 3 aromatic rings. The lowest BCUT2D eigenvalue weighted by atomic mass is 10.2. The van der Waals surface area contributed by atoms with E-state index in [0.29, 0.717) is 33.6 Å². The summed E-state index contributed by atoms with van der Waals surface area (Å²) in [5.41, 5.74) is 9.40. The number of nitrogens with one attached hydrogen (secondary N) is 1. The van der Waals surface area contributed by atoms with Crippen molar-refractivity contribution in [1.29, 1.82) is 0 Å². The third-order valence-electron chi connectivity index (χ3n) is 5.36. The fourth-order valence-electron chi connectivity index (χ4n) is 3.74. The summed E-state index contributed by atoms with van der Waals surface area (Å²) < 4.78 is 11.4. The first-order valence-corrected chi connectivity index (χ1v) is 11.3. The van der Waals surface area contributed by atoms with Gasteiger partial charge in [0.25, 0.3) is 5.91 Å². The molecule has 0 saturated carbocycles. The first kappa shape index (κ1) is 23.9. The Balaban J connectivity index is 1.59. The van der Waals surface area contributed by atoms with Crippen molar-refractivity contribution in [3.05, 3.63) is 39.1 Å². The minimum absolute atomic E-state index is 0.0388. The van der Waals surface area contributed by atoms with E-state index in [1.807, 2.05) is 0 Å². The standard InChI is InChI=1S/C20H23Cl2N9O3/c1-33-17-12(8-13(21)9-14(17)22)10-24-26-20(32)16-15(11-30-6-4-2-3-5-7-30)31(29-25-16)19-18(23)27-34-28-19/h8-10H,2-7,11H2,1H3,(H2,23,27)(H,26,32)/b24-10+. The van der Waals surface area contributed by atoms with Gasteiger partial charge in [0.1, 0.15) is 5.75 Å². The zero-order chi connectivity index (χ0) is 24.1. The largest absolute Gasteiger partial charge is 0.495 e. The highest BCUT2D eigenvalue weighted by molar-refractivity contribution is 6.36. The normalized spacial score (nSPS) is 14.9. The molecule has 12 nitrogen and oxygen atoms in total. The molecule has 1 saturated heterocycles. The highest BCUT2D eigenvalue weighted by atomic mass is 35.5. The highest BCUT2D eigenvalue weighted by Crippen LogP contribution is 2.31. The van der Waals surface area contributed by atoms with Crippen LogP contribution in [0.2, 0.25) is 10.0 Å². The number of aromatic nitrogens is 5. The van der Waals surface area contributed by atoms with Crippen LogP contribution in [-0.4, -0.2) is 62.5 Å². The van der Waals surface area contributed by atoms with Crippen LogP contribution in [-0.2, 0) is 6.54 Å². The average Bonchev–Trinajstić information content (AvgIpc) is 3.31. The van der Waals surface area contributed by atoms with Crippen molar-refractivity contribution in [1.82, 2.24) is 35.6 Å². The maximum absolute atomic E-state index is 13.0. The van der Waals surface area contributed by atoms with Gasteiger partial charge in [-0.25, -0.2) is 10.1 Å². The Labute approximate surface area is 205 Å². The molecule has 0 atom stereocenters. The number of hydrogen-bond donors (Lipinski definition) is 2. The lowest BCUT2D eigenvalue weighted by Gasteiger charge is -2.20. The third-order valence-corrected chi connectivity index (χ3v) is 5.86. The van der Waals surface area contributed by atoms with Crippen LogP contribution in [0.15, 0.2) is 21.9 Å². The number of rotatable bonds is 7. The van der Waals surface area contributed by atoms with Crippen LogP contribution >= 0.6 is 23.2 Å². The first-order valence-electron chi connectivity index (χ1n) is 10.6. The quantitative estimate of drug-likeness (QED) is 0.363. The summed E-state index contributed by atoms with van der Waals surface area (Å²) in [6, 6.07) is 3.17. The summed E-state index contributed by atoms with van der Waals surface area (Å²) >= 11 is 12.2. The van der Waals surface area contributed by atoms with Crippen LogP contribution in [0.25, 0.3) is 5.82 Å². The predicted octanol–water partition coefficient (Wildman–Crippen LogP) is 2.69. The van der Waals surface area contributed by atoms with Crippen molar-refractivity contribution < 1.29 is 14.2 Å². The zero-order valence-corrected chi connectivity index (χ0v) is 19.9. The van der Waals surface area contributed by atoms with E-state index < -0.39 is 5.91 Å². The smallest absolute Gasteiger partial charge is 0.293 e. The van der Waals surface area contributed by atoms with Crippen molar-refractivity contribution in [3.63, 3.8) is 0 Å². The average molecular weight is 508 g/mol. The number of methoxy groups -OCH3 is 1. The van der Waals surface area contributed by atoms with E-state index in [2.05, 4.69) is 36.1 Å². The van der Waals surface area contributed by atoms with Gasteiger partial charge >= 0.3 is 0 Å². The second-order valence-electron chi connectivity index (χ2n) is 7.67. The molecule has 0 radical (unpaired) electrons. The lowest BCUT2D eigenvalue weighted by Crippen LogP contribution is -2.28. The van der Waals surface area contributed by atoms with Gasteiger partial charge in [0.2, 0.25) is 11.6 Å². The molecule has 180 valence electrons. The second-order valence-corrected chi connectivity index (χ2v) is 8.51. The Bertz CT molecular complexity index is 1190. The van der Waals surface area contributed by atoms with Gasteiger partial charge in [-0.2, -0.15) is 9.78 Å². The number of halogens is 2. The summed E-state index contributed by atoms with van der Waals surface area (Å²) in [5, 5.41) is 20.3. The van der Waals surface area contributed by atoms with E-state index in [-0.39, 0.29) is 17.3 Å². The second kappa shape index (κ2) is 10.8. The molecule has 3 N–H and O–H groups in total. The number of likely N-dealkylation sites (tertiary alicyclic amines) is 1. The van der Waals surface area contributed by atoms with Crippen LogP contribution in [0, 0.1) is 0 Å². The highest BCUT2D eigenvalue weighted by Gasteiger charge is 2.26. The molecule has 1 aliphatic heterocycles. The van der Waals surface area contributed by atoms with E-state index in [0.717, 1.165) is 25.9 Å². The van der Waals surface area contributed by atoms with E-state index >= 15 is 0 Å². The van der Waals surface area contributed by atoms with E-state index in [1.54, 1.807) is 12.1 Å². The minimum atomic E-state index is -0.561. The van der Waals surface area contributed by atoms with Crippen LogP contribution in [0.4, 0.5) is 5.82 Å². The van der Waals surface area contributed by atoms with Gasteiger partial charge in [-0.05, 0) is 48.4 Å². The Morgan fingerprint density at radius 2 is 2.03 bits per heavy atom. The Morgan fingerprint density at radius 3 is 2.71 bits per heavy atom. The number of carbonyl (C=O) groups is 1. The molecular formula is C20H23Cl2N9O3. The van der Waals surface area contributed by atoms with Crippen molar-refractivity contribution in [2.45, 2.75) is 32.2 Å². The molecule has 1 aliphatic rings. The van der Waals surface area contributed by atoms with Gasteiger partial charge in [0, 0.05) is 17.1 Å². The summed E-state index contributed by atoms with van der Waals surface area (Å²) in [5.74, 6) is 0.0235. The number of nitrogens with two attached hydrogens (primary N) is 1. The number of hydrogen-bond acceptors (Lipinski definition) is 10. The topological polar surface area (TPSA) is 150 Å².